The SMILES string of the molecule is CCSc1cc2n(n1)CC(c1ccccc1)=N2. The molecule has 0 spiro atoms. The quantitative estimate of drug-likeness (QED) is 0.775. The van der Waals surface area contributed by atoms with Crippen LogP contribution in [0.4, 0.5) is 5.82 Å². The molecule has 0 bridgehead atoms. The Hall–Kier alpha value is -1.55. The van der Waals surface area contributed by atoms with Crippen molar-refractivity contribution >= 4 is 23.3 Å². The number of fused-ring (bicyclic) bond motifs is 1. The summed E-state index contributed by atoms with van der Waals surface area (Å²) in [4.78, 5) is 4.63. The fourth-order valence-electron chi connectivity index (χ4n) is 1.91. The maximum Gasteiger partial charge on any atom is 0.152 e. The summed E-state index contributed by atoms with van der Waals surface area (Å²) in [5.74, 6) is 2.02. The zero-order valence-corrected chi connectivity index (χ0v) is 10.4. The molecule has 0 saturated carbocycles. The fourth-order valence-corrected chi connectivity index (χ4v) is 2.55. The molecule has 0 unspecified atom stereocenters. The lowest BCUT2D eigenvalue weighted by Gasteiger charge is -1.99. The summed E-state index contributed by atoms with van der Waals surface area (Å²) in [5.41, 5.74) is 2.28. The molecule has 1 aromatic carbocycles. The van der Waals surface area contributed by atoms with E-state index in [1.165, 1.54) is 5.56 Å². The molecule has 3 nitrogen and oxygen atoms in total. The van der Waals surface area contributed by atoms with Crippen LogP contribution in [0.3, 0.4) is 0 Å². The number of aliphatic imine (C=N–C) groups is 1. The van der Waals surface area contributed by atoms with E-state index in [1.54, 1.807) is 11.8 Å². The first-order valence-electron chi connectivity index (χ1n) is 5.70. The van der Waals surface area contributed by atoms with Crippen molar-refractivity contribution in [3.8, 4) is 0 Å². The van der Waals surface area contributed by atoms with Crippen molar-refractivity contribution in [2.24, 2.45) is 4.99 Å². The van der Waals surface area contributed by atoms with Crippen molar-refractivity contribution in [3.05, 3.63) is 42.0 Å². The highest BCUT2D eigenvalue weighted by atomic mass is 32.2. The maximum atomic E-state index is 4.63. The third-order valence-corrected chi connectivity index (χ3v) is 3.47. The molecule has 4 heteroatoms. The van der Waals surface area contributed by atoms with Crippen molar-refractivity contribution in [2.75, 3.05) is 5.75 Å². The van der Waals surface area contributed by atoms with Crippen LogP contribution in [0.15, 0.2) is 46.4 Å². The number of benzene rings is 1. The lowest BCUT2D eigenvalue weighted by molar-refractivity contribution is 0.723. The highest BCUT2D eigenvalue weighted by Crippen LogP contribution is 2.27. The maximum absolute atomic E-state index is 4.63. The van der Waals surface area contributed by atoms with Crippen molar-refractivity contribution in [2.45, 2.75) is 18.5 Å². The largest absolute Gasteiger partial charge is 0.241 e. The van der Waals surface area contributed by atoms with E-state index in [1.807, 2.05) is 22.9 Å². The minimum Gasteiger partial charge on any atom is -0.241 e. The number of aromatic nitrogens is 2. The number of thioether (sulfide) groups is 1. The van der Waals surface area contributed by atoms with Gasteiger partial charge in [0.25, 0.3) is 0 Å². The Morgan fingerprint density at radius 2 is 2.12 bits per heavy atom. The number of nitrogens with zero attached hydrogens (tertiary/aromatic N) is 3. The van der Waals surface area contributed by atoms with Gasteiger partial charge in [0.2, 0.25) is 0 Å². The molecule has 1 aliphatic rings. The Kier molecular flexibility index (Phi) is 2.73. The normalized spacial score (nSPS) is 13.6. The Balaban J connectivity index is 1.88. The van der Waals surface area contributed by atoms with Crippen LogP contribution >= 0.6 is 11.8 Å². The van der Waals surface area contributed by atoms with E-state index in [2.05, 4.69) is 35.2 Å². The topological polar surface area (TPSA) is 30.2 Å². The second-order valence-electron chi connectivity index (χ2n) is 3.86. The standard InChI is InChI=1S/C13H13N3S/c1-2-17-13-8-12-14-11(9-16(12)15-13)10-6-4-3-5-7-10/h3-8H,2,9H2,1H3. The van der Waals surface area contributed by atoms with Crippen molar-refractivity contribution in [1.29, 1.82) is 0 Å². The highest BCUT2D eigenvalue weighted by Gasteiger charge is 2.17. The van der Waals surface area contributed by atoms with Crippen LogP contribution in [-0.2, 0) is 6.54 Å². The molecule has 1 aromatic heterocycles. The molecule has 0 saturated heterocycles. The average Bonchev–Trinajstić information content (AvgIpc) is 2.88. The molecule has 0 fully saturated rings. The Bertz CT molecular complexity index is 557. The molecule has 3 rings (SSSR count). The Morgan fingerprint density at radius 3 is 2.82 bits per heavy atom. The van der Waals surface area contributed by atoms with Crippen LogP contribution < -0.4 is 0 Å². The summed E-state index contributed by atoms with van der Waals surface area (Å²) >= 11 is 1.76. The molecule has 86 valence electrons. The molecule has 2 heterocycles. The molecule has 17 heavy (non-hydrogen) atoms. The van der Waals surface area contributed by atoms with E-state index >= 15 is 0 Å². The summed E-state index contributed by atoms with van der Waals surface area (Å²) in [6.45, 7) is 2.91. The van der Waals surface area contributed by atoms with Gasteiger partial charge in [-0.3, -0.25) is 0 Å². The van der Waals surface area contributed by atoms with Crippen LogP contribution in [0.5, 0.6) is 0 Å². The summed E-state index contributed by atoms with van der Waals surface area (Å²) < 4.78 is 1.97. The third kappa shape index (κ3) is 2.00. The summed E-state index contributed by atoms with van der Waals surface area (Å²) in [6, 6.07) is 12.3. The van der Waals surface area contributed by atoms with E-state index in [-0.39, 0.29) is 0 Å². The molecule has 0 radical (unpaired) electrons. The fraction of sp³-hybridized carbons (Fsp3) is 0.231. The summed E-state index contributed by atoms with van der Waals surface area (Å²) in [5, 5.41) is 5.59. The Morgan fingerprint density at radius 1 is 1.29 bits per heavy atom. The molecular weight excluding hydrogens is 230 g/mol. The van der Waals surface area contributed by atoms with Crippen LogP contribution in [0, 0.1) is 0 Å². The summed E-state index contributed by atoms with van der Waals surface area (Å²) in [7, 11) is 0. The minimum atomic E-state index is 0.781. The number of hydrogen-bond donors (Lipinski definition) is 0. The minimum absolute atomic E-state index is 0.781. The lowest BCUT2D eigenvalue weighted by atomic mass is 10.1. The number of rotatable bonds is 3. The molecular formula is C13H13N3S. The van der Waals surface area contributed by atoms with Gasteiger partial charge in [-0.05, 0) is 11.3 Å². The van der Waals surface area contributed by atoms with E-state index in [0.717, 1.165) is 28.9 Å². The van der Waals surface area contributed by atoms with Crippen LogP contribution in [0.1, 0.15) is 12.5 Å². The van der Waals surface area contributed by atoms with E-state index in [4.69, 9.17) is 0 Å². The van der Waals surface area contributed by atoms with Crippen molar-refractivity contribution in [3.63, 3.8) is 0 Å². The third-order valence-electron chi connectivity index (χ3n) is 2.68. The average molecular weight is 243 g/mol. The Labute approximate surface area is 105 Å². The molecule has 0 aliphatic carbocycles. The van der Waals surface area contributed by atoms with E-state index < -0.39 is 0 Å². The van der Waals surface area contributed by atoms with E-state index in [9.17, 15) is 0 Å². The van der Waals surface area contributed by atoms with Gasteiger partial charge in [-0.15, -0.1) is 11.8 Å². The van der Waals surface area contributed by atoms with Gasteiger partial charge in [0, 0.05) is 6.07 Å². The van der Waals surface area contributed by atoms with Gasteiger partial charge < -0.3 is 0 Å². The first kappa shape index (κ1) is 10.6. The van der Waals surface area contributed by atoms with Crippen LogP contribution in [-0.4, -0.2) is 21.2 Å². The predicted molar refractivity (Wildman–Crippen MR) is 71.3 cm³/mol. The predicted octanol–water partition coefficient (Wildman–Crippen LogP) is 3.13. The van der Waals surface area contributed by atoms with Gasteiger partial charge in [-0.1, -0.05) is 37.3 Å². The smallest absolute Gasteiger partial charge is 0.152 e. The van der Waals surface area contributed by atoms with Gasteiger partial charge in [-0.2, -0.15) is 5.10 Å². The van der Waals surface area contributed by atoms with Gasteiger partial charge in [0.05, 0.1) is 12.3 Å². The zero-order valence-electron chi connectivity index (χ0n) is 9.63. The number of hydrogen-bond acceptors (Lipinski definition) is 3. The second kappa shape index (κ2) is 4.37. The second-order valence-corrected chi connectivity index (χ2v) is 5.14. The van der Waals surface area contributed by atoms with Crippen molar-refractivity contribution in [1.82, 2.24) is 9.78 Å². The highest BCUT2D eigenvalue weighted by molar-refractivity contribution is 7.99. The van der Waals surface area contributed by atoms with Gasteiger partial charge in [0.1, 0.15) is 5.03 Å². The monoisotopic (exact) mass is 243 g/mol. The van der Waals surface area contributed by atoms with Gasteiger partial charge >= 0.3 is 0 Å². The zero-order chi connectivity index (χ0) is 11.7. The first-order valence-corrected chi connectivity index (χ1v) is 6.69. The van der Waals surface area contributed by atoms with Gasteiger partial charge in [0.15, 0.2) is 5.82 Å². The first-order chi connectivity index (χ1) is 8.36. The summed E-state index contributed by atoms with van der Waals surface area (Å²) in [6.07, 6.45) is 0. The molecule has 0 atom stereocenters. The van der Waals surface area contributed by atoms with Gasteiger partial charge in [-0.25, -0.2) is 9.67 Å². The van der Waals surface area contributed by atoms with E-state index in [0.29, 0.717) is 0 Å². The van der Waals surface area contributed by atoms with Crippen LogP contribution in [0.2, 0.25) is 0 Å². The van der Waals surface area contributed by atoms with Crippen molar-refractivity contribution < 1.29 is 0 Å². The lowest BCUT2D eigenvalue weighted by Crippen LogP contribution is -2.06. The molecule has 0 N–H and O–H groups in total. The molecule has 2 aromatic rings. The van der Waals surface area contributed by atoms with Crippen LogP contribution in [0.25, 0.3) is 0 Å². The molecule has 1 aliphatic heterocycles. The molecule has 0 amide bonds.